The van der Waals surface area contributed by atoms with Crippen LogP contribution in [-0.4, -0.2) is 10.9 Å². The SMILES string of the molecule is Cc1cc(F)ccc1-c1cccnc1N=C(N)N. The molecule has 2 rings (SSSR count). The molecule has 2 aromatic rings. The highest BCUT2D eigenvalue weighted by Gasteiger charge is 2.08. The fraction of sp³-hybridized carbons (Fsp3) is 0.0769. The van der Waals surface area contributed by atoms with Crippen molar-refractivity contribution in [2.24, 2.45) is 16.5 Å². The average molecular weight is 244 g/mol. The lowest BCUT2D eigenvalue weighted by Crippen LogP contribution is -2.22. The zero-order valence-electron chi connectivity index (χ0n) is 9.89. The van der Waals surface area contributed by atoms with E-state index in [9.17, 15) is 4.39 Å². The molecule has 0 atom stereocenters. The molecule has 0 bridgehead atoms. The molecule has 0 aliphatic rings. The van der Waals surface area contributed by atoms with E-state index in [0.29, 0.717) is 5.82 Å². The first-order valence-corrected chi connectivity index (χ1v) is 5.39. The van der Waals surface area contributed by atoms with E-state index in [4.69, 9.17) is 11.5 Å². The fourth-order valence-electron chi connectivity index (χ4n) is 1.75. The predicted molar refractivity (Wildman–Crippen MR) is 69.8 cm³/mol. The van der Waals surface area contributed by atoms with Crippen LogP contribution in [0.15, 0.2) is 41.5 Å². The summed E-state index contributed by atoms with van der Waals surface area (Å²) in [4.78, 5) is 8.08. The first kappa shape index (κ1) is 12.0. The van der Waals surface area contributed by atoms with Gasteiger partial charge in [-0.2, -0.15) is 4.99 Å². The Bertz CT molecular complexity index is 604. The van der Waals surface area contributed by atoms with Gasteiger partial charge in [-0.1, -0.05) is 6.07 Å². The van der Waals surface area contributed by atoms with Gasteiger partial charge in [-0.3, -0.25) is 0 Å². The number of pyridine rings is 1. The molecule has 5 heteroatoms. The Morgan fingerprint density at radius 1 is 1.22 bits per heavy atom. The molecule has 0 fully saturated rings. The van der Waals surface area contributed by atoms with Crippen LogP contribution in [0.3, 0.4) is 0 Å². The van der Waals surface area contributed by atoms with Gasteiger partial charge in [-0.25, -0.2) is 9.37 Å². The summed E-state index contributed by atoms with van der Waals surface area (Å²) in [5.41, 5.74) is 13.1. The summed E-state index contributed by atoms with van der Waals surface area (Å²) >= 11 is 0. The Kier molecular flexibility index (Phi) is 3.23. The molecule has 0 saturated heterocycles. The number of aromatic nitrogens is 1. The first-order chi connectivity index (χ1) is 8.58. The van der Waals surface area contributed by atoms with E-state index in [0.717, 1.165) is 16.7 Å². The number of aliphatic imine (C=N–C) groups is 1. The minimum Gasteiger partial charge on any atom is -0.370 e. The first-order valence-electron chi connectivity index (χ1n) is 5.39. The zero-order chi connectivity index (χ0) is 13.1. The van der Waals surface area contributed by atoms with Crippen LogP contribution in [0, 0.1) is 12.7 Å². The number of halogens is 1. The molecular weight excluding hydrogens is 231 g/mol. The summed E-state index contributed by atoms with van der Waals surface area (Å²) in [5.74, 6) is 0.0884. The maximum Gasteiger partial charge on any atom is 0.192 e. The van der Waals surface area contributed by atoms with Gasteiger partial charge < -0.3 is 11.5 Å². The lowest BCUT2D eigenvalue weighted by Gasteiger charge is -2.08. The van der Waals surface area contributed by atoms with Crippen LogP contribution in [-0.2, 0) is 0 Å². The van der Waals surface area contributed by atoms with Crippen molar-refractivity contribution in [3.8, 4) is 11.1 Å². The molecule has 0 radical (unpaired) electrons. The van der Waals surface area contributed by atoms with Crippen molar-refractivity contribution in [1.82, 2.24) is 4.98 Å². The number of hydrogen-bond donors (Lipinski definition) is 2. The molecule has 0 aliphatic heterocycles. The van der Waals surface area contributed by atoms with E-state index < -0.39 is 0 Å². The Hall–Kier alpha value is -2.43. The summed E-state index contributed by atoms with van der Waals surface area (Å²) in [6, 6.07) is 8.17. The number of rotatable bonds is 2. The van der Waals surface area contributed by atoms with Crippen molar-refractivity contribution in [2.45, 2.75) is 6.92 Å². The molecule has 4 N–H and O–H groups in total. The van der Waals surface area contributed by atoms with Gasteiger partial charge in [0.25, 0.3) is 0 Å². The van der Waals surface area contributed by atoms with Crippen LogP contribution >= 0.6 is 0 Å². The molecule has 4 nitrogen and oxygen atoms in total. The van der Waals surface area contributed by atoms with Gasteiger partial charge in [0.2, 0.25) is 0 Å². The minimum atomic E-state index is -0.275. The molecule has 18 heavy (non-hydrogen) atoms. The summed E-state index contributed by atoms with van der Waals surface area (Å²) in [7, 11) is 0. The van der Waals surface area contributed by atoms with E-state index in [2.05, 4.69) is 9.98 Å². The smallest absolute Gasteiger partial charge is 0.192 e. The molecule has 0 unspecified atom stereocenters. The van der Waals surface area contributed by atoms with Gasteiger partial charge in [0.15, 0.2) is 11.8 Å². The number of nitrogens with two attached hydrogens (primary N) is 2. The molecule has 0 aliphatic carbocycles. The van der Waals surface area contributed by atoms with Crippen molar-refractivity contribution in [3.05, 3.63) is 47.9 Å². The van der Waals surface area contributed by atoms with Crippen molar-refractivity contribution < 1.29 is 4.39 Å². The minimum absolute atomic E-state index is 0.0604. The lowest BCUT2D eigenvalue weighted by molar-refractivity contribution is 0.627. The normalized spacial score (nSPS) is 10.1. The van der Waals surface area contributed by atoms with Crippen molar-refractivity contribution in [1.29, 1.82) is 0 Å². The maximum atomic E-state index is 13.1. The topological polar surface area (TPSA) is 77.3 Å². The van der Waals surface area contributed by atoms with Crippen molar-refractivity contribution >= 4 is 11.8 Å². The van der Waals surface area contributed by atoms with Crippen LogP contribution in [0.1, 0.15) is 5.56 Å². The molecular formula is C13H13FN4. The highest BCUT2D eigenvalue weighted by molar-refractivity contribution is 5.83. The Labute approximate surface area is 104 Å². The van der Waals surface area contributed by atoms with E-state index in [1.54, 1.807) is 18.3 Å². The highest BCUT2D eigenvalue weighted by Crippen LogP contribution is 2.30. The van der Waals surface area contributed by atoms with Crippen LogP contribution < -0.4 is 11.5 Å². The summed E-state index contributed by atoms with van der Waals surface area (Å²) < 4.78 is 13.1. The molecule has 92 valence electrons. The quantitative estimate of drug-likeness (QED) is 0.627. The van der Waals surface area contributed by atoms with Gasteiger partial charge in [-0.05, 0) is 42.3 Å². The summed E-state index contributed by atoms with van der Waals surface area (Å²) in [5, 5.41) is 0. The third kappa shape index (κ3) is 2.45. The van der Waals surface area contributed by atoms with E-state index in [1.807, 2.05) is 13.0 Å². The van der Waals surface area contributed by atoms with Crippen LogP contribution in [0.5, 0.6) is 0 Å². The largest absolute Gasteiger partial charge is 0.370 e. The number of benzene rings is 1. The van der Waals surface area contributed by atoms with Crippen LogP contribution in [0.2, 0.25) is 0 Å². The van der Waals surface area contributed by atoms with E-state index in [1.165, 1.54) is 12.1 Å². The highest BCUT2D eigenvalue weighted by atomic mass is 19.1. The number of guanidine groups is 1. The number of hydrogen-bond acceptors (Lipinski definition) is 2. The monoisotopic (exact) mass is 244 g/mol. The predicted octanol–water partition coefficient (Wildman–Crippen LogP) is 2.10. The lowest BCUT2D eigenvalue weighted by atomic mass is 10.0. The van der Waals surface area contributed by atoms with Gasteiger partial charge in [-0.15, -0.1) is 0 Å². The Morgan fingerprint density at radius 2 is 2.00 bits per heavy atom. The average Bonchev–Trinajstić information content (AvgIpc) is 2.30. The van der Waals surface area contributed by atoms with Gasteiger partial charge in [0.1, 0.15) is 5.82 Å². The third-order valence-electron chi connectivity index (χ3n) is 2.50. The molecule has 0 spiro atoms. The molecule has 1 aromatic heterocycles. The third-order valence-corrected chi connectivity index (χ3v) is 2.50. The van der Waals surface area contributed by atoms with Crippen LogP contribution in [0.25, 0.3) is 11.1 Å². The molecule has 0 saturated carbocycles. The van der Waals surface area contributed by atoms with E-state index >= 15 is 0 Å². The molecule has 0 amide bonds. The summed E-state index contributed by atoms with van der Waals surface area (Å²) in [6.45, 7) is 1.82. The number of nitrogens with zero attached hydrogens (tertiary/aromatic N) is 2. The standard InChI is InChI=1S/C13H13FN4/c1-8-7-9(14)4-5-10(8)11-3-2-6-17-12(11)18-13(15)16/h2-7H,1H3,(H4,15,16,17,18). The zero-order valence-corrected chi connectivity index (χ0v) is 9.89. The number of aryl methyl sites for hydroxylation is 1. The second-order valence-electron chi connectivity index (χ2n) is 3.87. The summed E-state index contributed by atoms with van der Waals surface area (Å²) in [6.07, 6.45) is 1.60. The van der Waals surface area contributed by atoms with Gasteiger partial charge in [0.05, 0.1) is 0 Å². The molecule has 1 aromatic carbocycles. The second-order valence-corrected chi connectivity index (χ2v) is 3.87. The second kappa shape index (κ2) is 4.83. The van der Waals surface area contributed by atoms with Crippen LogP contribution in [0.4, 0.5) is 10.2 Å². The van der Waals surface area contributed by atoms with E-state index in [-0.39, 0.29) is 11.8 Å². The van der Waals surface area contributed by atoms with Crippen molar-refractivity contribution in [2.75, 3.05) is 0 Å². The maximum absolute atomic E-state index is 13.1. The van der Waals surface area contributed by atoms with Gasteiger partial charge >= 0.3 is 0 Å². The van der Waals surface area contributed by atoms with Gasteiger partial charge in [0, 0.05) is 11.8 Å². The van der Waals surface area contributed by atoms with Crippen molar-refractivity contribution in [3.63, 3.8) is 0 Å². The Morgan fingerprint density at radius 3 is 2.67 bits per heavy atom. The molecule has 1 heterocycles. The fourth-order valence-corrected chi connectivity index (χ4v) is 1.75. The Balaban J connectivity index is 2.60.